The van der Waals surface area contributed by atoms with Crippen molar-refractivity contribution in [1.82, 2.24) is 0 Å². The van der Waals surface area contributed by atoms with E-state index < -0.39 is 16.9 Å². The van der Waals surface area contributed by atoms with Crippen LogP contribution in [-0.2, 0) is 4.79 Å². The number of benzene rings is 1. The summed E-state index contributed by atoms with van der Waals surface area (Å²) in [5.74, 6) is -0.828. The molecule has 1 rings (SSSR count). The van der Waals surface area contributed by atoms with Crippen LogP contribution in [0, 0.1) is 10.1 Å². The third kappa shape index (κ3) is 4.11. The largest absolute Gasteiger partial charge is 0.487 e. The second kappa shape index (κ2) is 7.32. The average Bonchev–Trinajstić information content (AvgIpc) is 2.38. The smallest absolute Gasteiger partial charge is 0.326 e. The fraction of sp³-hybridized carbons (Fsp3) is 0.462. The lowest BCUT2D eigenvalue weighted by atomic mass is 10.1. The van der Waals surface area contributed by atoms with E-state index in [9.17, 15) is 14.9 Å². The number of hydrogen-bond acceptors (Lipinski definition) is 5. The Morgan fingerprint density at radius 2 is 2.20 bits per heavy atom. The highest BCUT2D eigenvalue weighted by atomic mass is 16.6. The number of nitro benzene ring substituents is 1. The lowest BCUT2D eigenvalue weighted by Crippen LogP contribution is -2.28. The van der Waals surface area contributed by atoms with E-state index in [4.69, 9.17) is 9.84 Å². The van der Waals surface area contributed by atoms with Gasteiger partial charge in [-0.1, -0.05) is 13.3 Å². The summed E-state index contributed by atoms with van der Waals surface area (Å²) in [6, 6.07) is 3.51. The number of nitrogens with zero attached hydrogens (tertiary/aromatic N) is 1. The van der Waals surface area contributed by atoms with Gasteiger partial charge in [-0.15, -0.1) is 0 Å². The summed E-state index contributed by atoms with van der Waals surface area (Å²) in [6.07, 6.45) is 1.19. The molecular weight excluding hydrogens is 264 g/mol. The minimum absolute atomic E-state index is 0.128. The average molecular weight is 282 g/mol. The van der Waals surface area contributed by atoms with Crippen LogP contribution in [0.2, 0.25) is 0 Å². The molecule has 0 radical (unpaired) electrons. The summed E-state index contributed by atoms with van der Waals surface area (Å²) in [5.41, 5.74) is 0.347. The van der Waals surface area contributed by atoms with E-state index in [-0.39, 0.29) is 11.4 Å². The zero-order chi connectivity index (χ0) is 15.1. The minimum atomic E-state index is -0.955. The summed E-state index contributed by atoms with van der Waals surface area (Å²) in [6.45, 7) is 3.90. The maximum atomic E-state index is 11.1. The summed E-state index contributed by atoms with van der Waals surface area (Å²) < 4.78 is 5.21. The zero-order valence-corrected chi connectivity index (χ0v) is 11.5. The molecule has 0 saturated heterocycles. The standard InChI is InChI=1S/C13H18N2O5/c1-3-5-10(13(16)17)14-9-6-7-11(15(18)19)12(8-9)20-4-2/h6-8,10,14H,3-5H2,1-2H3,(H,16,17). The van der Waals surface area contributed by atoms with Crippen LogP contribution in [0.5, 0.6) is 5.75 Å². The van der Waals surface area contributed by atoms with Crippen LogP contribution < -0.4 is 10.1 Å². The van der Waals surface area contributed by atoms with Crippen LogP contribution in [0.1, 0.15) is 26.7 Å². The highest BCUT2D eigenvalue weighted by Gasteiger charge is 2.19. The predicted molar refractivity (Wildman–Crippen MR) is 74.2 cm³/mol. The summed E-state index contributed by atoms with van der Waals surface area (Å²) >= 11 is 0. The Bertz CT molecular complexity index is 490. The number of carboxylic acid groups (broad SMARTS) is 1. The van der Waals surface area contributed by atoms with Gasteiger partial charge in [0.1, 0.15) is 6.04 Å². The fourth-order valence-electron chi connectivity index (χ4n) is 1.77. The molecule has 0 aliphatic heterocycles. The topological polar surface area (TPSA) is 102 Å². The summed E-state index contributed by atoms with van der Waals surface area (Å²) in [5, 5.41) is 22.8. The maximum absolute atomic E-state index is 11.1. The van der Waals surface area contributed by atoms with Gasteiger partial charge in [-0.25, -0.2) is 4.79 Å². The Kier molecular flexibility index (Phi) is 5.76. The molecule has 7 heteroatoms. The molecule has 0 bridgehead atoms. The van der Waals surface area contributed by atoms with Gasteiger partial charge in [0.25, 0.3) is 0 Å². The van der Waals surface area contributed by atoms with Crippen LogP contribution >= 0.6 is 0 Å². The fourth-order valence-corrected chi connectivity index (χ4v) is 1.77. The highest BCUT2D eigenvalue weighted by molar-refractivity contribution is 5.77. The van der Waals surface area contributed by atoms with Crippen molar-refractivity contribution in [3.05, 3.63) is 28.3 Å². The molecule has 0 aromatic heterocycles. The third-order valence-corrected chi connectivity index (χ3v) is 2.67. The Morgan fingerprint density at radius 3 is 2.70 bits per heavy atom. The Labute approximate surface area is 116 Å². The molecule has 0 spiro atoms. The van der Waals surface area contributed by atoms with E-state index in [1.165, 1.54) is 18.2 Å². The number of ether oxygens (including phenoxy) is 1. The normalized spacial score (nSPS) is 11.7. The van der Waals surface area contributed by atoms with Crippen molar-refractivity contribution in [2.24, 2.45) is 0 Å². The Balaban J connectivity index is 2.98. The Hall–Kier alpha value is -2.31. The van der Waals surface area contributed by atoms with Crippen LogP contribution in [0.3, 0.4) is 0 Å². The summed E-state index contributed by atoms with van der Waals surface area (Å²) in [4.78, 5) is 21.4. The number of nitro groups is 1. The molecule has 0 heterocycles. The summed E-state index contributed by atoms with van der Waals surface area (Å²) in [7, 11) is 0. The maximum Gasteiger partial charge on any atom is 0.326 e. The van der Waals surface area contributed by atoms with Crippen molar-refractivity contribution in [1.29, 1.82) is 0 Å². The minimum Gasteiger partial charge on any atom is -0.487 e. The molecule has 7 nitrogen and oxygen atoms in total. The van der Waals surface area contributed by atoms with Gasteiger partial charge in [-0.2, -0.15) is 0 Å². The molecule has 2 N–H and O–H groups in total. The third-order valence-electron chi connectivity index (χ3n) is 2.67. The molecule has 1 aromatic rings. The van der Waals surface area contributed by atoms with Gasteiger partial charge in [0.2, 0.25) is 0 Å². The van der Waals surface area contributed by atoms with Crippen LogP contribution in [0.15, 0.2) is 18.2 Å². The van der Waals surface area contributed by atoms with E-state index in [1.807, 2.05) is 6.92 Å². The van der Waals surface area contributed by atoms with E-state index in [0.29, 0.717) is 18.7 Å². The molecule has 0 saturated carbocycles. The van der Waals surface area contributed by atoms with Crippen LogP contribution in [-0.4, -0.2) is 28.6 Å². The highest BCUT2D eigenvalue weighted by Crippen LogP contribution is 2.30. The van der Waals surface area contributed by atoms with Gasteiger partial charge in [-0.3, -0.25) is 10.1 Å². The van der Waals surface area contributed by atoms with Crippen molar-refractivity contribution in [2.75, 3.05) is 11.9 Å². The predicted octanol–water partition coefficient (Wildman–Crippen LogP) is 2.66. The van der Waals surface area contributed by atoms with Gasteiger partial charge < -0.3 is 15.2 Å². The first-order chi connectivity index (χ1) is 9.49. The van der Waals surface area contributed by atoms with Crippen molar-refractivity contribution >= 4 is 17.3 Å². The van der Waals surface area contributed by atoms with Gasteiger partial charge in [-0.05, 0) is 19.4 Å². The first-order valence-corrected chi connectivity index (χ1v) is 6.40. The molecular formula is C13H18N2O5. The number of carboxylic acids is 1. The van der Waals surface area contributed by atoms with Crippen LogP contribution in [0.25, 0.3) is 0 Å². The van der Waals surface area contributed by atoms with Crippen LogP contribution in [0.4, 0.5) is 11.4 Å². The number of hydrogen-bond donors (Lipinski definition) is 2. The molecule has 0 fully saturated rings. The molecule has 0 aliphatic carbocycles. The van der Waals surface area contributed by atoms with Gasteiger partial charge in [0, 0.05) is 17.8 Å². The molecule has 1 unspecified atom stereocenters. The molecule has 0 aliphatic rings. The van der Waals surface area contributed by atoms with E-state index in [2.05, 4.69) is 5.32 Å². The number of carbonyl (C=O) groups is 1. The van der Waals surface area contributed by atoms with Crippen molar-refractivity contribution in [3.63, 3.8) is 0 Å². The number of rotatable bonds is 8. The van der Waals surface area contributed by atoms with E-state index in [1.54, 1.807) is 6.92 Å². The molecule has 20 heavy (non-hydrogen) atoms. The Morgan fingerprint density at radius 1 is 1.50 bits per heavy atom. The van der Waals surface area contributed by atoms with Gasteiger partial charge in [0.05, 0.1) is 11.5 Å². The number of aliphatic carboxylic acids is 1. The lowest BCUT2D eigenvalue weighted by Gasteiger charge is -2.15. The SMILES string of the molecule is CCCC(Nc1ccc([N+](=O)[O-])c(OCC)c1)C(=O)O. The number of nitrogens with one attached hydrogen (secondary N) is 1. The van der Waals surface area contributed by atoms with E-state index >= 15 is 0 Å². The first-order valence-electron chi connectivity index (χ1n) is 6.40. The quantitative estimate of drug-likeness (QED) is 0.561. The molecule has 1 atom stereocenters. The monoisotopic (exact) mass is 282 g/mol. The van der Waals surface area contributed by atoms with Crippen molar-refractivity contribution < 1.29 is 19.6 Å². The van der Waals surface area contributed by atoms with Crippen molar-refractivity contribution in [3.8, 4) is 5.75 Å². The number of anilines is 1. The molecule has 1 aromatic carbocycles. The van der Waals surface area contributed by atoms with Gasteiger partial charge in [0.15, 0.2) is 5.75 Å². The van der Waals surface area contributed by atoms with Gasteiger partial charge >= 0.3 is 11.7 Å². The van der Waals surface area contributed by atoms with Crippen molar-refractivity contribution in [2.45, 2.75) is 32.7 Å². The zero-order valence-electron chi connectivity index (χ0n) is 11.5. The molecule has 110 valence electrons. The second-order valence-electron chi connectivity index (χ2n) is 4.20. The second-order valence-corrected chi connectivity index (χ2v) is 4.20. The lowest BCUT2D eigenvalue weighted by molar-refractivity contribution is -0.385. The van der Waals surface area contributed by atoms with E-state index in [0.717, 1.165) is 6.42 Å². The molecule has 0 amide bonds. The first kappa shape index (κ1) is 15.7.